The third-order valence-corrected chi connectivity index (χ3v) is 3.65. The molecule has 94 valence electrons. The van der Waals surface area contributed by atoms with Gasteiger partial charge in [-0.05, 0) is 46.6 Å². The van der Waals surface area contributed by atoms with Gasteiger partial charge in [0.05, 0.1) is 23.5 Å². The largest absolute Gasteiger partial charge is 0.496 e. The second kappa shape index (κ2) is 5.97. The molecule has 4 nitrogen and oxygen atoms in total. The average molecular weight is 326 g/mol. The van der Waals surface area contributed by atoms with E-state index in [4.69, 9.17) is 4.74 Å². The summed E-state index contributed by atoms with van der Waals surface area (Å²) in [6, 6.07) is 5.76. The summed E-state index contributed by atoms with van der Waals surface area (Å²) in [4.78, 5) is 4.25. The molecule has 0 amide bonds. The van der Waals surface area contributed by atoms with Crippen LogP contribution < -0.4 is 10.2 Å². The van der Waals surface area contributed by atoms with E-state index in [1.54, 1.807) is 13.3 Å². The van der Waals surface area contributed by atoms with Crippen LogP contribution in [0.15, 0.2) is 33.2 Å². The van der Waals surface area contributed by atoms with Gasteiger partial charge in [-0.15, -0.1) is 11.3 Å². The van der Waals surface area contributed by atoms with E-state index in [1.807, 2.05) is 30.5 Å². The number of hydrogen-bond acceptors (Lipinski definition) is 5. The van der Waals surface area contributed by atoms with Crippen LogP contribution in [0.4, 0.5) is 5.13 Å². The van der Waals surface area contributed by atoms with Crippen molar-refractivity contribution in [1.29, 1.82) is 0 Å². The smallest absolute Gasteiger partial charge is 0.203 e. The molecule has 18 heavy (non-hydrogen) atoms. The molecule has 0 fully saturated rings. The van der Waals surface area contributed by atoms with Gasteiger partial charge in [0, 0.05) is 5.38 Å². The first-order valence-electron chi connectivity index (χ1n) is 5.24. The minimum Gasteiger partial charge on any atom is -0.496 e. The standard InChI is InChI=1S/C12H12BrN3OS/c1-8-7-18-12(15-8)16-14-6-9-3-4-11(17-2)10(13)5-9/h3-7H,1-2H3,(H,15,16)/b14-6-. The molecule has 0 bridgehead atoms. The number of nitrogens with one attached hydrogen (secondary N) is 1. The molecule has 2 aromatic rings. The van der Waals surface area contributed by atoms with E-state index in [1.165, 1.54) is 11.3 Å². The van der Waals surface area contributed by atoms with Gasteiger partial charge in [0.2, 0.25) is 5.13 Å². The maximum atomic E-state index is 5.16. The second-order valence-corrected chi connectivity index (χ2v) is 5.27. The highest BCUT2D eigenvalue weighted by Gasteiger charge is 1.99. The Morgan fingerprint density at radius 2 is 2.33 bits per heavy atom. The van der Waals surface area contributed by atoms with Gasteiger partial charge in [-0.1, -0.05) is 0 Å². The maximum absolute atomic E-state index is 5.16. The topological polar surface area (TPSA) is 46.5 Å². The predicted octanol–water partition coefficient (Wildman–Crippen LogP) is 3.67. The molecule has 0 radical (unpaired) electrons. The number of halogens is 1. The van der Waals surface area contributed by atoms with Gasteiger partial charge in [-0.3, -0.25) is 5.43 Å². The molecule has 0 unspecified atom stereocenters. The SMILES string of the molecule is COc1ccc(/C=N\Nc2nc(C)cs2)cc1Br. The van der Waals surface area contributed by atoms with Crippen LogP contribution in [0.25, 0.3) is 0 Å². The lowest BCUT2D eigenvalue weighted by atomic mass is 10.2. The quantitative estimate of drug-likeness (QED) is 0.689. The molecule has 2 rings (SSSR count). The molecule has 1 N–H and O–H groups in total. The summed E-state index contributed by atoms with van der Waals surface area (Å²) >= 11 is 4.96. The molecule has 0 aliphatic carbocycles. The van der Waals surface area contributed by atoms with E-state index < -0.39 is 0 Å². The van der Waals surface area contributed by atoms with Crippen molar-refractivity contribution in [2.45, 2.75) is 6.92 Å². The van der Waals surface area contributed by atoms with E-state index in [-0.39, 0.29) is 0 Å². The zero-order chi connectivity index (χ0) is 13.0. The number of ether oxygens (including phenoxy) is 1. The first kappa shape index (κ1) is 13.0. The number of nitrogens with zero attached hydrogens (tertiary/aromatic N) is 2. The van der Waals surface area contributed by atoms with Gasteiger partial charge in [0.15, 0.2) is 0 Å². The zero-order valence-corrected chi connectivity index (χ0v) is 12.4. The fourth-order valence-electron chi connectivity index (χ4n) is 1.33. The Labute approximate surface area is 118 Å². The van der Waals surface area contributed by atoms with Crippen LogP contribution >= 0.6 is 27.3 Å². The minimum absolute atomic E-state index is 0.788. The Morgan fingerprint density at radius 3 is 2.94 bits per heavy atom. The first-order chi connectivity index (χ1) is 8.69. The molecule has 1 aromatic heterocycles. The highest BCUT2D eigenvalue weighted by atomic mass is 79.9. The van der Waals surface area contributed by atoms with Crippen molar-refractivity contribution in [1.82, 2.24) is 4.98 Å². The van der Waals surface area contributed by atoms with Crippen LogP contribution in [0, 0.1) is 6.92 Å². The van der Waals surface area contributed by atoms with Crippen molar-refractivity contribution in [3.05, 3.63) is 39.3 Å². The van der Waals surface area contributed by atoms with Gasteiger partial charge in [-0.2, -0.15) is 5.10 Å². The van der Waals surface area contributed by atoms with Crippen molar-refractivity contribution in [3.63, 3.8) is 0 Å². The van der Waals surface area contributed by atoms with Crippen molar-refractivity contribution in [2.24, 2.45) is 5.10 Å². The van der Waals surface area contributed by atoms with Crippen LogP contribution in [-0.2, 0) is 0 Å². The van der Waals surface area contributed by atoms with Crippen LogP contribution in [0.2, 0.25) is 0 Å². The number of benzene rings is 1. The Morgan fingerprint density at radius 1 is 1.50 bits per heavy atom. The van der Waals surface area contributed by atoms with Crippen molar-refractivity contribution >= 4 is 38.6 Å². The van der Waals surface area contributed by atoms with Gasteiger partial charge in [0.25, 0.3) is 0 Å². The monoisotopic (exact) mass is 325 g/mol. The van der Waals surface area contributed by atoms with Crippen LogP contribution in [-0.4, -0.2) is 18.3 Å². The van der Waals surface area contributed by atoms with Crippen molar-refractivity contribution < 1.29 is 4.74 Å². The highest BCUT2D eigenvalue weighted by Crippen LogP contribution is 2.24. The number of thiazole rings is 1. The normalized spacial score (nSPS) is 10.8. The molecule has 0 aliphatic rings. The maximum Gasteiger partial charge on any atom is 0.203 e. The van der Waals surface area contributed by atoms with Crippen molar-refractivity contribution in [2.75, 3.05) is 12.5 Å². The van der Waals surface area contributed by atoms with Gasteiger partial charge < -0.3 is 4.74 Å². The molecule has 1 heterocycles. The van der Waals surface area contributed by atoms with E-state index in [0.717, 1.165) is 26.6 Å². The molecule has 6 heteroatoms. The molecule has 0 atom stereocenters. The minimum atomic E-state index is 0.788. The Balaban J connectivity index is 2.03. The lowest BCUT2D eigenvalue weighted by Gasteiger charge is -2.02. The average Bonchev–Trinajstić information content (AvgIpc) is 2.75. The lowest BCUT2D eigenvalue weighted by molar-refractivity contribution is 0.412. The van der Waals surface area contributed by atoms with Gasteiger partial charge in [-0.25, -0.2) is 4.98 Å². The van der Waals surface area contributed by atoms with E-state index in [0.29, 0.717) is 0 Å². The molecule has 0 spiro atoms. The third-order valence-electron chi connectivity index (χ3n) is 2.17. The summed E-state index contributed by atoms with van der Waals surface area (Å²) in [5.74, 6) is 0.802. The van der Waals surface area contributed by atoms with E-state index in [2.05, 4.69) is 31.4 Å². The summed E-state index contributed by atoms with van der Waals surface area (Å²) in [6.45, 7) is 1.95. The number of hydrogen-bond donors (Lipinski definition) is 1. The summed E-state index contributed by atoms with van der Waals surface area (Å²) in [7, 11) is 1.64. The number of hydrazone groups is 1. The van der Waals surface area contributed by atoms with Crippen LogP contribution in [0.3, 0.4) is 0 Å². The van der Waals surface area contributed by atoms with Gasteiger partial charge >= 0.3 is 0 Å². The highest BCUT2D eigenvalue weighted by molar-refractivity contribution is 9.10. The second-order valence-electron chi connectivity index (χ2n) is 3.56. The van der Waals surface area contributed by atoms with E-state index in [9.17, 15) is 0 Å². The third kappa shape index (κ3) is 3.30. The summed E-state index contributed by atoms with van der Waals surface area (Å²) < 4.78 is 6.06. The molecule has 1 aromatic carbocycles. The Bertz CT molecular complexity index is 568. The number of anilines is 1. The summed E-state index contributed by atoms with van der Waals surface area (Å²) in [6.07, 6.45) is 1.74. The number of rotatable bonds is 4. The molecular weight excluding hydrogens is 314 g/mol. The van der Waals surface area contributed by atoms with E-state index >= 15 is 0 Å². The molecule has 0 saturated carbocycles. The fraction of sp³-hybridized carbons (Fsp3) is 0.167. The molecule has 0 aliphatic heterocycles. The number of aromatic nitrogens is 1. The summed E-state index contributed by atoms with van der Waals surface area (Å²) in [5, 5.41) is 6.90. The first-order valence-corrected chi connectivity index (χ1v) is 6.91. The number of aryl methyl sites for hydroxylation is 1. The Kier molecular flexibility index (Phi) is 4.33. The fourth-order valence-corrected chi connectivity index (χ4v) is 2.53. The molecule has 0 saturated heterocycles. The van der Waals surface area contributed by atoms with Crippen LogP contribution in [0.1, 0.15) is 11.3 Å². The predicted molar refractivity (Wildman–Crippen MR) is 78.8 cm³/mol. The van der Waals surface area contributed by atoms with Gasteiger partial charge in [0.1, 0.15) is 5.75 Å². The molecular formula is C12H12BrN3OS. The van der Waals surface area contributed by atoms with Crippen molar-refractivity contribution in [3.8, 4) is 5.75 Å². The number of methoxy groups -OCH3 is 1. The van der Waals surface area contributed by atoms with Crippen LogP contribution in [0.5, 0.6) is 5.75 Å². The zero-order valence-electron chi connectivity index (χ0n) is 9.98. The summed E-state index contributed by atoms with van der Waals surface area (Å²) in [5.41, 5.74) is 4.86. The lowest BCUT2D eigenvalue weighted by Crippen LogP contribution is -1.91. The Hall–Kier alpha value is -1.40.